The topological polar surface area (TPSA) is 86.8 Å². The van der Waals surface area contributed by atoms with Crippen LogP contribution in [0.1, 0.15) is 54.4 Å². The van der Waals surface area contributed by atoms with Crippen molar-refractivity contribution in [2.45, 2.75) is 75.9 Å². The molecule has 10 heteroatoms. The molecular weight excluding hydrogens is 649 g/mol. The predicted molar refractivity (Wildman–Crippen MR) is 188 cm³/mol. The number of hydrogen-bond donors (Lipinski definition) is 1. The van der Waals surface area contributed by atoms with Crippen molar-refractivity contribution < 1.29 is 22.4 Å². The van der Waals surface area contributed by atoms with E-state index in [1.807, 2.05) is 50.2 Å². The predicted octanol–water partition coefficient (Wildman–Crippen LogP) is 7.38. The van der Waals surface area contributed by atoms with Gasteiger partial charge in [-0.25, -0.2) is 12.8 Å². The highest BCUT2D eigenvalue weighted by Gasteiger charge is 2.35. The molecule has 2 amide bonds. The molecule has 4 aromatic carbocycles. The van der Waals surface area contributed by atoms with Crippen LogP contribution in [-0.4, -0.2) is 43.8 Å². The van der Waals surface area contributed by atoms with Crippen LogP contribution in [0.15, 0.2) is 102 Å². The van der Waals surface area contributed by atoms with Gasteiger partial charge in [0.25, 0.3) is 10.0 Å². The second-order valence-corrected chi connectivity index (χ2v) is 14.7. The molecule has 252 valence electrons. The van der Waals surface area contributed by atoms with Crippen LogP contribution in [0.25, 0.3) is 0 Å². The van der Waals surface area contributed by atoms with Gasteiger partial charge in [-0.3, -0.25) is 13.9 Å². The number of amides is 2. The Kier molecular flexibility index (Phi) is 11.5. The molecule has 0 spiro atoms. The summed E-state index contributed by atoms with van der Waals surface area (Å²) in [5.74, 6) is -1.31. The first-order chi connectivity index (χ1) is 23.0. The van der Waals surface area contributed by atoms with Crippen LogP contribution in [0.4, 0.5) is 10.1 Å². The summed E-state index contributed by atoms with van der Waals surface area (Å²) in [5.41, 5.74) is 3.58. The number of anilines is 1. The van der Waals surface area contributed by atoms with Gasteiger partial charge in [-0.1, -0.05) is 79.4 Å². The summed E-state index contributed by atoms with van der Waals surface area (Å²) in [6.45, 7) is 3.19. The highest BCUT2D eigenvalue weighted by Crippen LogP contribution is 2.28. The van der Waals surface area contributed by atoms with Crippen molar-refractivity contribution in [2.24, 2.45) is 0 Å². The van der Waals surface area contributed by atoms with Crippen molar-refractivity contribution in [1.29, 1.82) is 0 Å². The zero-order valence-corrected chi connectivity index (χ0v) is 28.8. The van der Waals surface area contributed by atoms with E-state index in [0.717, 1.165) is 53.1 Å². The molecular formula is C38H41ClFN3O4S. The Morgan fingerprint density at radius 3 is 2.17 bits per heavy atom. The van der Waals surface area contributed by atoms with Gasteiger partial charge in [0, 0.05) is 24.0 Å². The molecule has 48 heavy (non-hydrogen) atoms. The van der Waals surface area contributed by atoms with Gasteiger partial charge in [0.1, 0.15) is 18.4 Å². The molecule has 0 aromatic heterocycles. The summed E-state index contributed by atoms with van der Waals surface area (Å²) in [7, 11) is -4.26. The molecule has 1 N–H and O–H groups in total. The number of hydrogen-bond acceptors (Lipinski definition) is 4. The van der Waals surface area contributed by atoms with Crippen LogP contribution in [-0.2, 0) is 32.6 Å². The van der Waals surface area contributed by atoms with Gasteiger partial charge in [0.15, 0.2) is 0 Å². The molecule has 0 aliphatic heterocycles. The molecule has 1 aliphatic carbocycles. The zero-order chi connectivity index (χ0) is 34.3. The SMILES string of the molecule is Cc1ccc(N(CC(=O)N(Cc2ccc(F)cc2)[C@@H](Cc2ccccc2)C(=O)NC2CCCCC2)S(=O)(=O)c2ccc(Cl)cc2)cc1C. The van der Waals surface area contributed by atoms with Crippen molar-refractivity contribution in [3.63, 3.8) is 0 Å². The van der Waals surface area contributed by atoms with Crippen molar-refractivity contribution >= 4 is 39.1 Å². The molecule has 1 fully saturated rings. The molecule has 1 aliphatic rings. The lowest BCUT2D eigenvalue weighted by Crippen LogP contribution is -2.55. The van der Waals surface area contributed by atoms with Gasteiger partial charge < -0.3 is 10.2 Å². The Balaban J connectivity index is 1.57. The largest absolute Gasteiger partial charge is 0.352 e. The summed E-state index contributed by atoms with van der Waals surface area (Å²) in [5, 5.41) is 3.57. The van der Waals surface area contributed by atoms with E-state index in [-0.39, 0.29) is 29.8 Å². The molecule has 7 nitrogen and oxygen atoms in total. The third-order valence-corrected chi connectivity index (χ3v) is 11.0. The smallest absolute Gasteiger partial charge is 0.264 e. The van der Waals surface area contributed by atoms with E-state index in [9.17, 15) is 22.4 Å². The number of carbonyl (C=O) groups excluding carboxylic acids is 2. The second-order valence-electron chi connectivity index (χ2n) is 12.4. The van der Waals surface area contributed by atoms with Crippen LogP contribution in [0.2, 0.25) is 5.02 Å². The van der Waals surface area contributed by atoms with E-state index in [4.69, 9.17) is 11.6 Å². The van der Waals surface area contributed by atoms with Crippen LogP contribution < -0.4 is 9.62 Å². The summed E-state index contributed by atoms with van der Waals surface area (Å²) < 4.78 is 43.5. The van der Waals surface area contributed by atoms with Crippen molar-refractivity contribution in [3.05, 3.63) is 130 Å². The monoisotopic (exact) mass is 689 g/mol. The maximum Gasteiger partial charge on any atom is 0.264 e. The van der Waals surface area contributed by atoms with Gasteiger partial charge in [0.05, 0.1) is 10.6 Å². The van der Waals surface area contributed by atoms with Gasteiger partial charge in [-0.05, 0) is 97.5 Å². The van der Waals surface area contributed by atoms with E-state index in [0.29, 0.717) is 16.3 Å². The Bertz CT molecular complexity index is 1810. The minimum Gasteiger partial charge on any atom is -0.352 e. The Labute approximate surface area is 287 Å². The maximum absolute atomic E-state index is 14.7. The van der Waals surface area contributed by atoms with E-state index in [1.54, 1.807) is 24.3 Å². The molecule has 1 saturated carbocycles. The van der Waals surface area contributed by atoms with Gasteiger partial charge in [-0.15, -0.1) is 0 Å². The fraction of sp³-hybridized carbons (Fsp3) is 0.316. The number of carbonyl (C=O) groups is 2. The van der Waals surface area contributed by atoms with E-state index >= 15 is 0 Å². The third-order valence-electron chi connectivity index (χ3n) is 8.95. The number of halogens is 2. The first-order valence-electron chi connectivity index (χ1n) is 16.2. The summed E-state index contributed by atoms with van der Waals surface area (Å²) in [6, 6.07) is 25.2. The third kappa shape index (κ3) is 8.82. The molecule has 0 saturated heterocycles. The fourth-order valence-corrected chi connectivity index (χ4v) is 7.56. The quantitative estimate of drug-likeness (QED) is 0.168. The average Bonchev–Trinajstić information content (AvgIpc) is 3.08. The Hall–Kier alpha value is -4.21. The lowest BCUT2D eigenvalue weighted by molar-refractivity contribution is -0.140. The highest BCUT2D eigenvalue weighted by atomic mass is 35.5. The van der Waals surface area contributed by atoms with E-state index in [1.165, 1.54) is 41.3 Å². The normalized spacial score (nSPS) is 14.2. The number of aryl methyl sites for hydroxylation is 2. The first-order valence-corrected chi connectivity index (χ1v) is 18.1. The van der Waals surface area contributed by atoms with Gasteiger partial charge >= 0.3 is 0 Å². The van der Waals surface area contributed by atoms with E-state index in [2.05, 4.69) is 5.32 Å². The number of nitrogens with zero attached hydrogens (tertiary/aromatic N) is 2. The molecule has 1 atom stereocenters. The molecule has 5 rings (SSSR count). The lowest BCUT2D eigenvalue weighted by atomic mass is 9.94. The molecule has 0 bridgehead atoms. The fourth-order valence-electron chi connectivity index (χ4n) is 6.03. The molecule has 0 heterocycles. The zero-order valence-electron chi connectivity index (χ0n) is 27.2. The minimum atomic E-state index is -4.26. The van der Waals surface area contributed by atoms with Crippen LogP contribution >= 0.6 is 11.6 Å². The molecule has 4 aromatic rings. The van der Waals surface area contributed by atoms with Crippen LogP contribution in [0, 0.1) is 19.7 Å². The standard InChI is InChI=1S/C38H41ClFN3O4S/c1-27-13-20-34(23-28(27)2)43(48(46,47)35-21-16-31(39)17-22-35)26-37(44)42(25-30-14-18-32(40)19-15-30)36(24-29-9-5-3-6-10-29)38(45)41-33-11-7-4-8-12-33/h3,5-6,9-10,13-23,33,36H,4,7-8,11-12,24-26H2,1-2H3,(H,41,45)/t36-/m0/s1. The van der Waals surface area contributed by atoms with E-state index < -0.39 is 34.3 Å². The van der Waals surface area contributed by atoms with Crippen LogP contribution in [0.3, 0.4) is 0 Å². The van der Waals surface area contributed by atoms with Crippen LogP contribution in [0.5, 0.6) is 0 Å². The highest BCUT2D eigenvalue weighted by molar-refractivity contribution is 7.92. The summed E-state index contributed by atoms with van der Waals surface area (Å²) >= 11 is 6.08. The van der Waals surface area contributed by atoms with Crippen molar-refractivity contribution in [3.8, 4) is 0 Å². The summed E-state index contributed by atoms with van der Waals surface area (Å²) in [4.78, 5) is 30.2. The minimum absolute atomic E-state index is 0.00962. The number of nitrogens with one attached hydrogen (secondary N) is 1. The number of sulfonamides is 1. The maximum atomic E-state index is 14.7. The Morgan fingerprint density at radius 2 is 1.52 bits per heavy atom. The van der Waals surface area contributed by atoms with Gasteiger partial charge in [0.2, 0.25) is 11.8 Å². The lowest BCUT2D eigenvalue weighted by Gasteiger charge is -2.35. The first kappa shape index (κ1) is 35.1. The number of benzene rings is 4. The van der Waals surface area contributed by atoms with Crippen molar-refractivity contribution in [2.75, 3.05) is 10.8 Å². The summed E-state index contributed by atoms with van der Waals surface area (Å²) in [6.07, 6.45) is 5.07. The average molecular weight is 690 g/mol. The Morgan fingerprint density at radius 1 is 0.854 bits per heavy atom. The number of rotatable bonds is 12. The van der Waals surface area contributed by atoms with Crippen molar-refractivity contribution in [1.82, 2.24) is 10.2 Å². The second kappa shape index (κ2) is 15.8. The van der Waals surface area contributed by atoms with Gasteiger partial charge in [-0.2, -0.15) is 0 Å². The molecule has 0 unspecified atom stereocenters. The molecule has 0 radical (unpaired) electrons.